The van der Waals surface area contributed by atoms with Crippen molar-refractivity contribution in [3.8, 4) is 28.4 Å². The van der Waals surface area contributed by atoms with Gasteiger partial charge in [0.15, 0.2) is 11.5 Å². The smallest absolute Gasteiger partial charge is 0.225 e. The van der Waals surface area contributed by atoms with Crippen molar-refractivity contribution >= 4 is 22.9 Å². The highest BCUT2D eigenvalue weighted by atomic mass is 32.1. The minimum atomic E-state index is -0.0133. The summed E-state index contributed by atoms with van der Waals surface area (Å²) in [5.74, 6) is 2.26. The summed E-state index contributed by atoms with van der Waals surface area (Å²) in [6.07, 6.45) is 0.412. The molecule has 5 nitrogen and oxygen atoms in total. The van der Waals surface area contributed by atoms with E-state index >= 15 is 0 Å². The molecular formula is C24H25NO4S. The molecule has 3 aromatic rings. The van der Waals surface area contributed by atoms with E-state index in [4.69, 9.17) is 14.2 Å². The molecule has 0 saturated heterocycles. The zero-order valence-corrected chi connectivity index (χ0v) is 18.2. The maximum atomic E-state index is 12.6. The van der Waals surface area contributed by atoms with Crippen LogP contribution in [0.5, 0.6) is 17.2 Å². The predicted octanol–water partition coefficient (Wildman–Crippen LogP) is 5.70. The Bertz CT molecular complexity index is 1040. The van der Waals surface area contributed by atoms with Gasteiger partial charge in [-0.1, -0.05) is 18.2 Å². The van der Waals surface area contributed by atoms with Crippen molar-refractivity contribution in [1.29, 1.82) is 0 Å². The van der Waals surface area contributed by atoms with Crippen molar-refractivity contribution in [3.05, 3.63) is 58.3 Å². The lowest BCUT2D eigenvalue weighted by atomic mass is 9.89. The Labute approximate surface area is 180 Å². The van der Waals surface area contributed by atoms with Crippen LogP contribution in [-0.2, 0) is 4.79 Å². The lowest BCUT2D eigenvalue weighted by molar-refractivity contribution is -0.116. The molecule has 0 spiro atoms. The Morgan fingerprint density at radius 3 is 2.47 bits per heavy atom. The molecule has 0 saturated carbocycles. The molecule has 4 rings (SSSR count). The number of thiophene rings is 1. The predicted molar refractivity (Wildman–Crippen MR) is 120 cm³/mol. The molecule has 1 unspecified atom stereocenters. The number of nitrogens with one attached hydrogen (secondary N) is 1. The lowest BCUT2D eigenvalue weighted by Gasteiger charge is -2.25. The van der Waals surface area contributed by atoms with Crippen molar-refractivity contribution in [3.63, 3.8) is 0 Å². The third-order valence-electron chi connectivity index (χ3n) is 5.16. The average Bonchev–Trinajstić information content (AvgIpc) is 3.18. The average molecular weight is 424 g/mol. The first kappa shape index (κ1) is 20.3. The third kappa shape index (κ3) is 3.87. The second-order valence-corrected chi connectivity index (χ2v) is 7.91. The van der Waals surface area contributed by atoms with Crippen LogP contribution in [0.4, 0.5) is 5.69 Å². The first-order chi connectivity index (χ1) is 14.6. The molecule has 30 heavy (non-hydrogen) atoms. The SMILES string of the molecule is CCOc1ccc(C2CC(=O)Nc3c(-c4ccc(OC)cc4)csc32)cc1OCC. The molecule has 0 radical (unpaired) electrons. The normalized spacial score (nSPS) is 15.3. The fourth-order valence-electron chi connectivity index (χ4n) is 3.76. The monoisotopic (exact) mass is 423 g/mol. The van der Waals surface area contributed by atoms with E-state index in [1.807, 2.05) is 56.3 Å². The molecule has 6 heteroatoms. The van der Waals surface area contributed by atoms with Crippen LogP contribution in [0.2, 0.25) is 0 Å². The van der Waals surface area contributed by atoms with Gasteiger partial charge in [0.25, 0.3) is 0 Å². The molecule has 2 aromatic carbocycles. The van der Waals surface area contributed by atoms with E-state index in [-0.39, 0.29) is 11.8 Å². The van der Waals surface area contributed by atoms with Gasteiger partial charge in [-0.3, -0.25) is 4.79 Å². The number of benzene rings is 2. The zero-order chi connectivity index (χ0) is 21.1. The Morgan fingerprint density at radius 1 is 1.03 bits per heavy atom. The highest BCUT2D eigenvalue weighted by Gasteiger charge is 2.31. The molecule has 1 aromatic heterocycles. The summed E-state index contributed by atoms with van der Waals surface area (Å²) in [5.41, 5.74) is 4.04. The van der Waals surface area contributed by atoms with Crippen molar-refractivity contribution < 1.29 is 19.0 Å². The van der Waals surface area contributed by atoms with Gasteiger partial charge in [0.2, 0.25) is 5.91 Å². The summed E-state index contributed by atoms with van der Waals surface area (Å²) in [6, 6.07) is 13.9. The quantitative estimate of drug-likeness (QED) is 0.530. The number of hydrogen-bond donors (Lipinski definition) is 1. The van der Waals surface area contributed by atoms with E-state index in [1.165, 1.54) is 0 Å². The van der Waals surface area contributed by atoms with E-state index in [2.05, 4.69) is 10.7 Å². The number of carbonyl (C=O) groups is 1. The van der Waals surface area contributed by atoms with Gasteiger partial charge in [0.1, 0.15) is 5.75 Å². The summed E-state index contributed by atoms with van der Waals surface area (Å²) in [6.45, 7) is 5.04. The first-order valence-electron chi connectivity index (χ1n) is 10.1. The van der Waals surface area contributed by atoms with Crippen LogP contribution in [0.1, 0.15) is 36.6 Å². The number of rotatable bonds is 7. The minimum Gasteiger partial charge on any atom is -0.497 e. The van der Waals surface area contributed by atoms with Gasteiger partial charge in [-0.05, 0) is 49.2 Å². The molecule has 0 aliphatic carbocycles. The fourth-order valence-corrected chi connectivity index (χ4v) is 4.92. The van der Waals surface area contributed by atoms with Crippen molar-refractivity contribution in [2.75, 3.05) is 25.6 Å². The molecule has 1 atom stereocenters. The molecule has 0 bridgehead atoms. The Kier molecular flexibility index (Phi) is 5.95. The number of fused-ring (bicyclic) bond motifs is 1. The number of methoxy groups -OCH3 is 1. The summed E-state index contributed by atoms with van der Waals surface area (Å²) in [7, 11) is 1.65. The van der Waals surface area contributed by atoms with Crippen molar-refractivity contribution in [1.82, 2.24) is 0 Å². The van der Waals surface area contributed by atoms with Gasteiger partial charge >= 0.3 is 0 Å². The minimum absolute atomic E-state index is 0.0133. The summed E-state index contributed by atoms with van der Waals surface area (Å²) >= 11 is 1.68. The standard InChI is InChI=1S/C24H25NO4S/c1-4-28-20-11-8-16(12-21(20)29-5-2)18-13-22(26)25-23-19(14-30-24(18)23)15-6-9-17(27-3)10-7-15/h6-12,14,18H,4-5,13H2,1-3H3,(H,25,26). The lowest BCUT2D eigenvalue weighted by Crippen LogP contribution is -2.22. The Hall–Kier alpha value is -2.99. The molecule has 1 aliphatic heterocycles. The molecule has 1 aliphatic rings. The molecule has 1 amide bonds. The zero-order valence-electron chi connectivity index (χ0n) is 17.4. The van der Waals surface area contributed by atoms with Crippen molar-refractivity contribution in [2.24, 2.45) is 0 Å². The van der Waals surface area contributed by atoms with Crippen molar-refractivity contribution in [2.45, 2.75) is 26.2 Å². The molecular weight excluding hydrogens is 398 g/mol. The summed E-state index contributed by atoms with van der Waals surface area (Å²) < 4.78 is 16.7. The Morgan fingerprint density at radius 2 is 1.77 bits per heavy atom. The van der Waals surface area contributed by atoms with Gasteiger partial charge in [-0.2, -0.15) is 0 Å². The highest BCUT2D eigenvalue weighted by Crippen LogP contribution is 2.47. The van der Waals surface area contributed by atoms with Crippen LogP contribution in [0, 0.1) is 0 Å². The number of hydrogen-bond acceptors (Lipinski definition) is 5. The maximum absolute atomic E-state index is 12.6. The van der Waals surface area contributed by atoms with E-state index < -0.39 is 0 Å². The second-order valence-electron chi connectivity index (χ2n) is 6.99. The van der Waals surface area contributed by atoms with Gasteiger partial charge in [-0.25, -0.2) is 0 Å². The second kappa shape index (κ2) is 8.79. The first-order valence-corrected chi connectivity index (χ1v) is 11.0. The number of ether oxygens (including phenoxy) is 3. The summed E-state index contributed by atoms with van der Waals surface area (Å²) in [5, 5.41) is 5.21. The van der Waals surface area contributed by atoms with E-state index in [0.717, 1.165) is 44.5 Å². The maximum Gasteiger partial charge on any atom is 0.225 e. The van der Waals surface area contributed by atoms with Crippen LogP contribution in [0.25, 0.3) is 11.1 Å². The van der Waals surface area contributed by atoms with Gasteiger partial charge in [0, 0.05) is 28.2 Å². The van der Waals surface area contributed by atoms with Crippen LogP contribution in [-0.4, -0.2) is 26.2 Å². The van der Waals surface area contributed by atoms with Gasteiger partial charge in [0.05, 0.1) is 26.0 Å². The topological polar surface area (TPSA) is 56.8 Å². The van der Waals surface area contributed by atoms with Crippen LogP contribution < -0.4 is 19.5 Å². The number of carbonyl (C=O) groups excluding carboxylic acids is 1. The van der Waals surface area contributed by atoms with Gasteiger partial charge < -0.3 is 19.5 Å². The molecule has 1 N–H and O–H groups in total. The highest BCUT2D eigenvalue weighted by molar-refractivity contribution is 7.11. The largest absolute Gasteiger partial charge is 0.497 e. The van der Waals surface area contributed by atoms with E-state index in [1.54, 1.807) is 18.4 Å². The Balaban J connectivity index is 1.73. The molecule has 156 valence electrons. The van der Waals surface area contributed by atoms with E-state index in [9.17, 15) is 4.79 Å². The fraction of sp³-hybridized carbons (Fsp3) is 0.292. The molecule has 2 heterocycles. The van der Waals surface area contributed by atoms with Crippen LogP contribution in [0.3, 0.4) is 0 Å². The van der Waals surface area contributed by atoms with Crippen LogP contribution >= 0.6 is 11.3 Å². The summed E-state index contributed by atoms with van der Waals surface area (Å²) in [4.78, 5) is 13.7. The third-order valence-corrected chi connectivity index (χ3v) is 6.26. The number of anilines is 1. The van der Waals surface area contributed by atoms with Gasteiger partial charge in [-0.15, -0.1) is 11.3 Å². The molecule has 0 fully saturated rings. The number of amides is 1. The van der Waals surface area contributed by atoms with E-state index in [0.29, 0.717) is 19.6 Å². The van der Waals surface area contributed by atoms with Crippen LogP contribution in [0.15, 0.2) is 47.8 Å².